The Morgan fingerprint density at radius 3 is 2.69 bits per heavy atom. The highest BCUT2D eigenvalue weighted by atomic mass is 16.1. The predicted octanol–water partition coefficient (Wildman–Crippen LogP) is 2.11. The molecule has 0 aromatic heterocycles. The zero-order valence-electron chi connectivity index (χ0n) is 8.14. The van der Waals surface area contributed by atoms with Crippen LogP contribution < -0.4 is 0 Å². The predicted molar refractivity (Wildman–Crippen MR) is 49.3 cm³/mol. The van der Waals surface area contributed by atoms with Crippen molar-refractivity contribution >= 4 is 11.6 Å². The van der Waals surface area contributed by atoms with Gasteiger partial charge in [0.1, 0.15) is 11.6 Å². The highest BCUT2D eigenvalue weighted by Crippen LogP contribution is 2.46. The molecular weight excluding hydrogens is 164 g/mol. The SMILES string of the molecule is C[C@]12CCCC(=O)[C@H]1CCCC2=O. The molecule has 2 heteroatoms. The van der Waals surface area contributed by atoms with Crippen LogP contribution in [0.15, 0.2) is 0 Å². The molecule has 0 spiro atoms. The summed E-state index contributed by atoms with van der Waals surface area (Å²) < 4.78 is 0. The lowest BCUT2D eigenvalue weighted by Gasteiger charge is -2.42. The summed E-state index contributed by atoms with van der Waals surface area (Å²) in [5.41, 5.74) is -0.284. The average molecular weight is 180 g/mol. The third-order valence-corrected chi connectivity index (χ3v) is 3.81. The molecule has 0 heterocycles. The van der Waals surface area contributed by atoms with Gasteiger partial charge in [0.2, 0.25) is 0 Å². The number of fused-ring (bicyclic) bond motifs is 1. The van der Waals surface area contributed by atoms with Crippen LogP contribution in [0.3, 0.4) is 0 Å². The van der Waals surface area contributed by atoms with Crippen molar-refractivity contribution in [1.29, 1.82) is 0 Å². The summed E-state index contributed by atoms with van der Waals surface area (Å²) in [7, 11) is 0. The highest BCUT2D eigenvalue weighted by Gasteiger charge is 2.48. The first-order chi connectivity index (χ1) is 6.14. The molecule has 0 aliphatic heterocycles. The Hall–Kier alpha value is -0.660. The second kappa shape index (κ2) is 2.93. The van der Waals surface area contributed by atoms with Crippen LogP contribution >= 0.6 is 0 Å². The molecule has 72 valence electrons. The van der Waals surface area contributed by atoms with E-state index >= 15 is 0 Å². The number of carbonyl (C=O) groups is 2. The van der Waals surface area contributed by atoms with Gasteiger partial charge in [0.05, 0.1) is 0 Å². The van der Waals surface area contributed by atoms with Crippen molar-refractivity contribution < 1.29 is 9.59 Å². The van der Waals surface area contributed by atoms with Gasteiger partial charge in [-0.3, -0.25) is 9.59 Å². The maximum Gasteiger partial charge on any atom is 0.139 e. The maximum absolute atomic E-state index is 11.7. The van der Waals surface area contributed by atoms with E-state index in [2.05, 4.69) is 0 Å². The second-order valence-electron chi connectivity index (χ2n) is 4.61. The lowest BCUT2D eigenvalue weighted by molar-refractivity contribution is -0.146. The molecule has 0 unspecified atom stereocenters. The summed E-state index contributed by atoms with van der Waals surface area (Å²) in [6.07, 6.45) is 5.11. The van der Waals surface area contributed by atoms with Crippen LogP contribution in [0.5, 0.6) is 0 Å². The molecular formula is C11H16O2. The van der Waals surface area contributed by atoms with E-state index in [1.807, 2.05) is 6.92 Å². The summed E-state index contributed by atoms with van der Waals surface area (Å²) in [6.45, 7) is 2.00. The molecule has 2 atom stereocenters. The van der Waals surface area contributed by atoms with E-state index in [0.29, 0.717) is 24.4 Å². The minimum atomic E-state index is -0.284. The molecule has 13 heavy (non-hydrogen) atoms. The fourth-order valence-electron chi connectivity index (χ4n) is 2.90. The normalized spacial score (nSPS) is 40.2. The van der Waals surface area contributed by atoms with Crippen LogP contribution in [0, 0.1) is 11.3 Å². The Bertz CT molecular complexity index is 257. The van der Waals surface area contributed by atoms with E-state index in [0.717, 1.165) is 25.7 Å². The molecule has 2 fully saturated rings. The van der Waals surface area contributed by atoms with Crippen molar-refractivity contribution in [3.05, 3.63) is 0 Å². The molecule has 0 bridgehead atoms. The zero-order chi connectivity index (χ0) is 9.47. The van der Waals surface area contributed by atoms with E-state index < -0.39 is 0 Å². The summed E-state index contributed by atoms with van der Waals surface area (Å²) in [5, 5.41) is 0. The average Bonchev–Trinajstić information content (AvgIpc) is 2.08. The first-order valence-electron chi connectivity index (χ1n) is 5.20. The fraction of sp³-hybridized carbons (Fsp3) is 0.818. The van der Waals surface area contributed by atoms with E-state index in [1.165, 1.54) is 0 Å². The van der Waals surface area contributed by atoms with Gasteiger partial charge in [-0.15, -0.1) is 0 Å². The first kappa shape index (κ1) is 8.92. The molecule has 0 aromatic carbocycles. The smallest absolute Gasteiger partial charge is 0.139 e. The van der Waals surface area contributed by atoms with Gasteiger partial charge < -0.3 is 0 Å². The van der Waals surface area contributed by atoms with Crippen molar-refractivity contribution in [3.8, 4) is 0 Å². The van der Waals surface area contributed by atoms with E-state index in [4.69, 9.17) is 0 Å². The van der Waals surface area contributed by atoms with Crippen LogP contribution in [0.2, 0.25) is 0 Å². The Labute approximate surface area is 78.7 Å². The Kier molecular flexibility index (Phi) is 2.01. The van der Waals surface area contributed by atoms with Gasteiger partial charge in [-0.1, -0.05) is 6.92 Å². The highest BCUT2D eigenvalue weighted by molar-refractivity contribution is 5.94. The first-order valence-corrected chi connectivity index (χ1v) is 5.20. The van der Waals surface area contributed by atoms with Crippen molar-refractivity contribution in [2.45, 2.75) is 45.4 Å². The second-order valence-corrected chi connectivity index (χ2v) is 4.61. The standard InChI is InChI=1S/C11H16O2/c1-11-7-3-5-9(12)8(11)4-2-6-10(11)13/h8H,2-7H2,1H3/t8-,11+/m1/s1. The lowest BCUT2D eigenvalue weighted by Crippen LogP contribution is -2.45. The van der Waals surface area contributed by atoms with Gasteiger partial charge in [0.25, 0.3) is 0 Å². The molecule has 2 aliphatic rings. The van der Waals surface area contributed by atoms with E-state index in [1.54, 1.807) is 0 Å². The topological polar surface area (TPSA) is 34.1 Å². The Balaban J connectivity index is 2.29. The summed E-state index contributed by atoms with van der Waals surface area (Å²) in [4.78, 5) is 23.4. The number of Topliss-reactive ketones (excluding diaryl/α,β-unsaturated/α-hetero) is 2. The summed E-state index contributed by atoms with van der Waals surface area (Å²) in [6, 6.07) is 0. The maximum atomic E-state index is 11.7. The van der Waals surface area contributed by atoms with Crippen LogP contribution in [0.1, 0.15) is 45.4 Å². The molecule has 0 radical (unpaired) electrons. The number of rotatable bonds is 0. The quantitative estimate of drug-likeness (QED) is 0.572. The van der Waals surface area contributed by atoms with Gasteiger partial charge >= 0.3 is 0 Å². The Morgan fingerprint density at radius 2 is 2.00 bits per heavy atom. The minimum absolute atomic E-state index is 0.0579. The van der Waals surface area contributed by atoms with E-state index in [-0.39, 0.29) is 11.3 Å². The third kappa shape index (κ3) is 1.23. The number of ketones is 2. The van der Waals surface area contributed by atoms with Crippen molar-refractivity contribution in [1.82, 2.24) is 0 Å². The Morgan fingerprint density at radius 1 is 1.23 bits per heavy atom. The molecule has 2 aliphatic carbocycles. The van der Waals surface area contributed by atoms with Crippen LogP contribution in [0.4, 0.5) is 0 Å². The molecule has 2 nitrogen and oxygen atoms in total. The molecule has 0 saturated heterocycles. The summed E-state index contributed by atoms with van der Waals surface area (Å²) in [5.74, 6) is 0.723. The van der Waals surface area contributed by atoms with Gasteiger partial charge in [0.15, 0.2) is 0 Å². The number of carbonyl (C=O) groups excluding carboxylic acids is 2. The van der Waals surface area contributed by atoms with Crippen molar-refractivity contribution in [2.24, 2.45) is 11.3 Å². The van der Waals surface area contributed by atoms with Crippen LogP contribution in [0.25, 0.3) is 0 Å². The van der Waals surface area contributed by atoms with Crippen molar-refractivity contribution in [2.75, 3.05) is 0 Å². The van der Waals surface area contributed by atoms with Gasteiger partial charge in [-0.2, -0.15) is 0 Å². The summed E-state index contributed by atoms with van der Waals surface area (Å²) >= 11 is 0. The molecule has 2 saturated carbocycles. The van der Waals surface area contributed by atoms with Crippen LogP contribution in [-0.2, 0) is 9.59 Å². The fourth-order valence-corrected chi connectivity index (χ4v) is 2.90. The van der Waals surface area contributed by atoms with E-state index in [9.17, 15) is 9.59 Å². The number of hydrogen-bond donors (Lipinski definition) is 0. The van der Waals surface area contributed by atoms with Gasteiger partial charge in [-0.25, -0.2) is 0 Å². The lowest BCUT2D eigenvalue weighted by atomic mass is 9.59. The van der Waals surface area contributed by atoms with Gasteiger partial charge in [0, 0.05) is 24.2 Å². The zero-order valence-corrected chi connectivity index (χ0v) is 8.14. The monoisotopic (exact) mass is 180 g/mol. The van der Waals surface area contributed by atoms with Crippen molar-refractivity contribution in [3.63, 3.8) is 0 Å². The van der Waals surface area contributed by atoms with Crippen LogP contribution in [-0.4, -0.2) is 11.6 Å². The third-order valence-electron chi connectivity index (χ3n) is 3.81. The molecule has 0 amide bonds. The van der Waals surface area contributed by atoms with Gasteiger partial charge in [-0.05, 0) is 25.7 Å². The number of hydrogen-bond acceptors (Lipinski definition) is 2. The molecule has 2 rings (SSSR count). The minimum Gasteiger partial charge on any atom is -0.299 e. The molecule has 0 N–H and O–H groups in total. The largest absolute Gasteiger partial charge is 0.299 e. The molecule has 0 aromatic rings.